The number of amides is 1. The highest BCUT2D eigenvalue weighted by Gasteiger charge is 2.45. The second-order valence-electron chi connectivity index (χ2n) is 7.91. The highest BCUT2D eigenvalue weighted by Crippen LogP contribution is 2.41. The van der Waals surface area contributed by atoms with Crippen molar-refractivity contribution >= 4 is 5.91 Å². The Bertz CT molecular complexity index is 703. The zero-order chi connectivity index (χ0) is 18.9. The van der Waals surface area contributed by atoms with Crippen LogP contribution in [0.5, 0.6) is 17.2 Å². The largest absolute Gasteiger partial charge is 0.496 e. The van der Waals surface area contributed by atoms with Gasteiger partial charge in [0.1, 0.15) is 19.0 Å². The lowest BCUT2D eigenvalue weighted by molar-refractivity contribution is -0.125. The van der Waals surface area contributed by atoms with Crippen molar-refractivity contribution in [3.05, 3.63) is 17.7 Å². The molecule has 1 aromatic rings. The summed E-state index contributed by atoms with van der Waals surface area (Å²) in [5.41, 5.74) is 1.18. The molecule has 148 valence electrons. The van der Waals surface area contributed by atoms with E-state index in [0.29, 0.717) is 37.0 Å². The molecule has 0 saturated carbocycles. The maximum Gasteiger partial charge on any atom is 0.237 e. The molecule has 0 aromatic heterocycles. The van der Waals surface area contributed by atoms with Gasteiger partial charge in [0.25, 0.3) is 0 Å². The van der Waals surface area contributed by atoms with Crippen molar-refractivity contribution in [2.24, 2.45) is 5.41 Å². The first-order chi connectivity index (χ1) is 13.1. The molecule has 3 heterocycles. The summed E-state index contributed by atoms with van der Waals surface area (Å²) in [7, 11) is 3.69. The molecule has 0 radical (unpaired) electrons. The van der Waals surface area contributed by atoms with E-state index >= 15 is 0 Å². The van der Waals surface area contributed by atoms with Crippen LogP contribution in [-0.2, 0) is 11.3 Å². The minimum atomic E-state index is -0.0636. The van der Waals surface area contributed by atoms with E-state index in [1.807, 2.05) is 12.1 Å². The molecule has 2 fully saturated rings. The smallest absolute Gasteiger partial charge is 0.237 e. The molecular weight excluding hydrogens is 346 g/mol. The fourth-order valence-electron chi connectivity index (χ4n) is 4.62. The Kier molecular flexibility index (Phi) is 5.14. The summed E-state index contributed by atoms with van der Waals surface area (Å²) >= 11 is 0. The van der Waals surface area contributed by atoms with Gasteiger partial charge in [0, 0.05) is 24.7 Å². The maximum absolute atomic E-state index is 12.9. The van der Waals surface area contributed by atoms with Gasteiger partial charge in [0.05, 0.1) is 13.2 Å². The van der Waals surface area contributed by atoms with Crippen LogP contribution in [0, 0.1) is 5.41 Å². The number of rotatable bonds is 4. The average Bonchev–Trinajstić information content (AvgIpc) is 3.01. The van der Waals surface area contributed by atoms with Gasteiger partial charge in [-0.15, -0.1) is 0 Å². The first-order valence-corrected chi connectivity index (χ1v) is 9.75. The molecule has 1 atom stereocenters. The SMILES string of the molecule is COc1cc2c(cc1CNC(=O)C1CC3(CCNCC3)CN1C)OCCO2. The molecule has 27 heavy (non-hydrogen) atoms. The van der Waals surface area contributed by atoms with Crippen molar-refractivity contribution in [1.82, 2.24) is 15.5 Å². The van der Waals surface area contributed by atoms with Gasteiger partial charge in [0.15, 0.2) is 11.5 Å². The van der Waals surface area contributed by atoms with Gasteiger partial charge in [-0.1, -0.05) is 0 Å². The van der Waals surface area contributed by atoms with Crippen LogP contribution < -0.4 is 24.8 Å². The number of fused-ring (bicyclic) bond motifs is 1. The van der Waals surface area contributed by atoms with Gasteiger partial charge in [-0.3, -0.25) is 9.69 Å². The normalized spacial score (nSPS) is 24.0. The van der Waals surface area contributed by atoms with E-state index in [2.05, 4.69) is 22.6 Å². The van der Waals surface area contributed by atoms with E-state index in [9.17, 15) is 4.79 Å². The maximum atomic E-state index is 12.9. The Hall–Kier alpha value is -1.99. The summed E-state index contributed by atoms with van der Waals surface area (Å²) < 4.78 is 16.7. The van der Waals surface area contributed by atoms with E-state index < -0.39 is 0 Å². The molecule has 3 aliphatic rings. The Morgan fingerprint density at radius 3 is 2.70 bits per heavy atom. The predicted molar refractivity (Wildman–Crippen MR) is 101 cm³/mol. The standard InChI is InChI=1S/C20H29N3O4/c1-23-13-20(3-5-21-6-4-20)11-15(23)19(24)22-12-14-9-17-18(10-16(14)25-2)27-8-7-26-17/h9-10,15,21H,3-8,11-13H2,1-2H3,(H,22,24). The van der Waals surface area contributed by atoms with Crippen molar-refractivity contribution in [2.45, 2.75) is 31.8 Å². The molecule has 7 nitrogen and oxygen atoms in total. The van der Waals surface area contributed by atoms with Crippen molar-refractivity contribution in [3.63, 3.8) is 0 Å². The van der Waals surface area contributed by atoms with Crippen LogP contribution in [0.4, 0.5) is 0 Å². The summed E-state index contributed by atoms with van der Waals surface area (Å²) in [5, 5.41) is 6.53. The van der Waals surface area contributed by atoms with Crippen molar-refractivity contribution in [3.8, 4) is 17.2 Å². The summed E-state index contributed by atoms with van der Waals surface area (Å²) in [4.78, 5) is 15.1. The minimum Gasteiger partial charge on any atom is -0.496 e. The van der Waals surface area contributed by atoms with Crippen LogP contribution in [0.3, 0.4) is 0 Å². The zero-order valence-electron chi connectivity index (χ0n) is 16.2. The van der Waals surface area contributed by atoms with Crippen LogP contribution in [-0.4, -0.2) is 63.9 Å². The minimum absolute atomic E-state index is 0.0636. The number of methoxy groups -OCH3 is 1. The predicted octanol–water partition coefficient (Wildman–Crippen LogP) is 1.16. The lowest BCUT2D eigenvalue weighted by atomic mass is 9.77. The monoisotopic (exact) mass is 375 g/mol. The second kappa shape index (κ2) is 7.56. The lowest BCUT2D eigenvalue weighted by Gasteiger charge is -2.33. The third-order valence-electron chi connectivity index (χ3n) is 6.11. The number of nitrogens with one attached hydrogen (secondary N) is 2. The first-order valence-electron chi connectivity index (χ1n) is 9.75. The molecule has 0 aliphatic carbocycles. The lowest BCUT2D eigenvalue weighted by Crippen LogP contribution is -2.41. The topological polar surface area (TPSA) is 72.1 Å². The summed E-state index contributed by atoms with van der Waals surface area (Å²) in [6.07, 6.45) is 3.24. The average molecular weight is 375 g/mol. The molecule has 2 N–H and O–H groups in total. The van der Waals surface area contributed by atoms with E-state index in [-0.39, 0.29) is 17.4 Å². The summed E-state index contributed by atoms with van der Waals surface area (Å²) in [6, 6.07) is 3.67. The highest BCUT2D eigenvalue weighted by molar-refractivity contribution is 5.82. The number of piperidine rings is 1. The van der Waals surface area contributed by atoms with Crippen LogP contribution in [0.25, 0.3) is 0 Å². The van der Waals surface area contributed by atoms with Gasteiger partial charge in [-0.05, 0) is 50.9 Å². The summed E-state index contributed by atoms with van der Waals surface area (Å²) in [6.45, 7) is 4.59. The molecule has 0 bridgehead atoms. The molecule has 1 unspecified atom stereocenters. The van der Waals surface area contributed by atoms with Gasteiger partial charge in [-0.25, -0.2) is 0 Å². The zero-order valence-corrected chi connectivity index (χ0v) is 16.2. The molecule has 1 aromatic carbocycles. The Morgan fingerprint density at radius 2 is 2.00 bits per heavy atom. The molecule has 4 rings (SSSR count). The van der Waals surface area contributed by atoms with Crippen LogP contribution in [0.2, 0.25) is 0 Å². The van der Waals surface area contributed by atoms with Crippen LogP contribution in [0.1, 0.15) is 24.8 Å². The van der Waals surface area contributed by atoms with E-state index in [4.69, 9.17) is 14.2 Å². The first kappa shape index (κ1) is 18.4. The van der Waals surface area contributed by atoms with Gasteiger partial charge < -0.3 is 24.8 Å². The quantitative estimate of drug-likeness (QED) is 0.823. The van der Waals surface area contributed by atoms with Crippen molar-refractivity contribution in [1.29, 1.82) is 0 Å². The van der Waals surface area contributed by atoms with E-state index in [1.165, 1.54) is 0 Å². The van der Waals surface area contributed by atoms with Gasteiger partial charge in [-0.2, -0.15) is 0 Å². The molecule has 1 amide bonds. The number of benzene rings is 1. The molecule has 1 spiro atoms. The number of carbonyl (C=O) groups excluding carboxylic acids is 1. The second-order valence-corrected chi connectivity index (χ2v) is 7.91. The Labute approximate surface area is 160 Å². The van der Waals surface area contributed by atoms with Gasteiger partial charge in [0.2, 0.25) is 5.91 Å². The number of ether oxygens (including phenoxy) is 3. The number of hydrogen-bond acceptors (Lipinski definition) is 6. The Morgan fingerprint density at radius 1 is 1.30 bits per heavy atom. The third-order valence-corrected chi connectivity index (χ3v) is 6.11. The number of likely N-dealkylation sites (N-methyl/N-ethyl adjacent to an activating group) is 1. The third kappa shape index (κ3) is 3.71. The van der Waals surface area contributed by atoms with E-state index in [1.54, 1.807) is 7.11 Å². The summed E-state index contributed by atoms with van der Waals surface area (Å²) in [5.74, 6) is 2.19. The van der Waals surface area contributed by atoms with E-state index in [0.717, 1.165) is 44.5 Å². The fraction of sp³-hybridized carbons (Fsp3) is 0.650. The highest BCUT2D eigenvalue weighted by atomic mass is 16.6. The molecule has 2 saturated heterocycles. The Balaban J connectivity index is 1.42. The van der Waals surface area contributed by atoms with Crippen LogP contribution in [0.15, 0.2) is 12.1 Å². The fourth-order valence-corrected chi connectivity index (χ4v) is 4.62. The van der Waals surface area contributed by atoms with Gasteiger partial charge >= 0.3 is 0 Å². The molecule has 7 heteroatoms. The van der Waals surface area contributed by atoms with Crippen LogP contribution >= 0.6 is 0 Å². The number of hydrogen-bond donors (Lipinski definition) is 2. The van der Waals surface area contributed by atoms with Crippen molar-refractivity contribution in [2.75, 3.05) is 47.0 Å². The number of carbonyl (C=O) groups is 1. The molecular formula is C20H29N3O4. The van der Waals surface area contributed by atoms with Crippen molar-refractivity contribution < 1.29 is 19.0 Å². The number of likely N-dealkylation sites (tertiary alicyclic amines) is 1. The molecule has 3 aliphatic heterocycles. The number of nitrogens with zero attached hydrogens (tertiary/aromatic N) is 1.